The number of phenolic OH excluding ortho intramolecular Hbond substituents is 1. The summed E-state index contributed by atoms with van der Waals surface area (Å²) in [4.78, 5) is 4.03. The lowest BCUT2D eigenvalue weighted by atomic mass is 10.1. The lowest BCUT2D eigenvalue weighted by molar-refractivity contribution is 0.473. The van der Waals surface area contributed by atoms with E-state index < -0.39 is 0 Å². The minimum absolute atomic E-state index is 0.133. The second-order valence-electron chi connectivity index (χ2n) is 2.95. The van der Waals surface area contributed by atoms with E-state index in [-0.39, 0.29) is 11.5 Å². The number of aromatic hydroxyl groups is 2. The molecule has 0 amide bonds. The lowest BCUT2D eigenvalue weighted by Gasteiger charge is -2.00. The Balaban J connectivity index is 2.44. The van der Waals surface area contributed by atoms with Gasteiger partial charge in [0, 0.05) is 5.56 Å². The van der Waals surface area contributed by atoms with Gasteiger partial charge in [-0.3, -0.25) is 4.98 Å². The highest BCUT2D eigenvalue weighted by molar-refractivity contribution is 5.61. The van der Waals surface area contributed by atoms with Crippen LogP contribution in [0, 0.1) is 0 Å². The molecule has 3 nitrogen and oxygen atoms in total. The van der Waals surface area contributed by atoms with E-state index in [4.69, 9.17) is 5.11 Å². The fraction of sp³-hybridized carbons (Fsp3) is 0. The second kappa shape index (κ2) is 3.38. The second-order valence-corrected chi connectivity index (χ2v) is 2.95. The summed E-state index contributed by atoms with van der Waals surface area (Å²) in [5.41, 5.74) is 1.55. The van der Waals surface area contributed by atoms with Crippen molar-refractivity contribution in [2.75, 3.05) is 0 Å². The van der Waals surface area contributed by atoms with Gasteiger partial charge in [-0.05, 0) is 24.3 Å². The van der Waals surface area contributed by atoms with Crippen LogP contribution in [0.3, 0.4) is 0 Å². The Morgan fingerprint density at radius 1 is 0.929 bits per heavy atom. The summed E-state index contributed by atoms with van der Waals surface area (Å²) >= 11 is 0. The molecule has 0 spiro atoms. The number of phenols is 1. The first-order valence-corrected chi connectivity index (χ1v) is 4.20. The SMILES string of the molecule is Oc1ccc(-c2cccc(O)c2)nc1. The molecule has 0 atom stereocenters. The molecule has 1 aromatic heterocycles. The van der Waals surface area contributed by atoms with Gasteiger partial charge in [0.25, 0.3) is 0 Å². The Bertz CT molecular complexity index is 437. The molecule has 0 aliphatic heterocycles. The van der Waals surface area contributed by atoms with Crippen LogP contribution in [0.15, 0.2) is 42.6 Å². The van der Waals surface area contributed by atoms with Gasteiger partial charge in [-0.1, -0.05) is 12.1 Å². The average molecular weight is 187 g/mol. The molecule has 3 heteroatoms. The zero-order chi connectivity index (χ0) is 9.97. The summed E-state index contributed by atoms with van der Waals surface area (Å²) in [7, 11) is 0. The molecule has 0 aliphatic rings. The Labute approximate surface area is 81.3 Å². The highest BCUT2D eigenvalue weighted by Crippen LogP contribution is 2.22. The van der Waals surface area contributed by atoms with E-state index in [0.29, 0.717) is 0 Å². The molecular formula is C11H9NO2. The zero-order valence-corrected chi connectivity index (χ0v) is 7.38. The predicted octanol–water partition coefficient (Wildman–Crippen LogP) is 2.16. The number of nitrogens with zero attached hydrogens (tertiary/aromatic N) is 1. The van der Waals surface area contributed by atoms with Crippen LogP contribution in [-0.2, 0) is 0 Å². The first kappa shape index (κ1) is 8.56. The van der Waals surface area contributed by atoms with E-state index in [2.05, 4.69) is 4.98 Å². The molecular weight excluding hydrogens is 178 g/mol. The molecule has 2 N–H and O–H groups in total. The number of hydrogen-bond donors (Lipinski definition) is 2. The Morgan fingerprint density at radius 3 is 2.43 bits per heavy atom. The van der Waals surface area contributed by atoms with Crippen LogP contribution < -0.4 is 0 Å². The molecule has 0 unspecified atom stereocenters. The van der Waals surface area contributed by atoms with Gasteiger partial charge in [-0.2, -0.15) is 0 Å². The van der Waals surface area contributed by atoms with Crippen LogP contribution in [0.2, 0.25) is 0 Å². The number of benzene rings is 1. The van der Waals surface area contributed by atoms with Crippen molar-refractivity contribution in [3.63, 3.8) is 0 Å². The number of hydrogen-bond acceptors (Lipinski definition) is 3. The maximum atomic E-state index is 9.25. The Kier molecular flexibility index (Phi) is 2.07. The van der Waals surface area contributed by atoms with Crippen LogP contribution in [0.25, 0.3) is 11.3 Å². The van der Waals surface area contributed by atoms with Gasteiger partial charge in [0.2, 0.25) is 0 Å². The van der Waals surface area contributed by atoms with Gasteiger partial charge < -0.3 is 10.2 Å². The molecule has 0 saturated heterocycles. The third-order valence-corrected chi connectivity index (χ3v) is 1.89. The van der Waals surface area contributed by atoms with Crippen LogP contribution >= 0.6 is 0 Å². The molecule has 0 bridgehead atoms. The van der Waals surface area contributed by atoms with Crippen molar-refractivity contribution >= 4 is 0 Å². The molecule has 70 valence electrons. The van der Waals surface area contributed by atoms with Crippen molar-refractivity contribution in [2.24, 2.45) is 0 Å². The summed E-state index contributed by atoms with van der Waals surface area (Å²) in [5, 5.41) is 18.3. The molecule has 0 radical (unpaired) electrons. The zero-order valence-electron chi connectivity index (χ0n) is 7.38. The van der Waals surface area contributed by atoms with Crippen molar-refractivity contribution in [1.29, 1.82) is 0 Å². The average Bonchev–Trinajstić information content (AvgIpc) is 2.19. The number of pyridine rings is 1. The summed E-state index contributed by atoms with van der Waals surface area (Å²) in [6, 6.07) is 10.1. The van der Waals surface area contributed by atoms with Crippen molar-refractivity contribution < 1.29 is 10.2 Å². The molecule has 14 heavy (non-hydrogen) atoms. The van der Waals surface area contributed by atoms with Crippen LogP contribution in [0.1, 0.15) is 0 Å². The van der Waals surface area contributed by atoms with Gasteiger partial charge in [-0.25, -0.2) is 0 Å². The molecule has 2 rings (SSSR count). The standard InChI is InChI=1S/C11H9NO2/c13-9-3-1-2-8(6-9)11-5-4-10(14)7-12-11/h1-7,13-14H. The van der Waals surface area contributed by atoms with E-state index in [1.807, 2.05) is 6.07 Å². The third kappa shape index (κ3) is 1.66. The maximum Gasteiger partial charge on any atom is 0.133 e. The van der Waals surface area contributed by atoms with E-state index in [1.165, 1.54) is 6.20 Å². The largest absolute Gasteiger partial charge is 0.508 e. The topological polar surface area (TPSA) is 53.4 Å². The molecule has 1 heterocycles. The molecule has 0 saturated carbocycles. The molecule has 2 aromatic rings. The Morgan fingerprint density at radius 2 is 1.79 bits per heavy atom. The van der Waals surface area contributed by atoms with E-state index in [9.17, 15) is 5.11 Å². The lowest BCUT2D eigenvalue weighted by Crippen LogP contribution is -1.81. The number of aromatic nitrogens is 1. The third-order valence-electron chi connectivity index (χ3n) is 1.89. The molecule has 0 aliphatic carbocycles. The van der Waals surface area contributed by atoms with E-state index >= 15 is 0 Å². The van der Waals surface area contributed by atoms with Crippen molar-refractivity contribution in [3.05, 3.63) is 42.6 Å². The fourth-order valence-electron chi connectivity index (χ4n) is 1.22. The van der Waals surface area contributed by atoms with Crippen molar-refractivity contribution in [3.8, 4) is 22.8 Å². The fourth-order valence-corrected chi connectivity index (χ4v) is 1.22. The molecule has 1 aromatic carbocycles. The minimum atomic E-state index is 0.133. The van der Waals surface area contributed by atoms with Crippen LogP contribution in [-0.4, -0.2) is 15.2 Å². The summed E-state index contributed by atoms with van der Waals surface area (Å²) in [6.07, 6.45) is 1.37. The summed E-state index contributed by atoms with van der Waals surface area (Å²) in [6.45, 7) is 0. The van der Waals surface area contributed by atoms with Crippen LogP contribution in [0.4, 0.5) is 0 Å². The summed E-state index contributed by atoms with van der Waals surface area (Å²) < 4.78 is 0. The predicted molar refractivity (Wildman–Crippen MR) is 53.0 cm³/mol. The van der Waals surface area contributed by atoms with E-state index in [1.54, 1.807) is 30.3 Å². The van der Waals surface area contributed by atoms with E-state index in [0.717, 1.165) is 11.3 Å². The minimum Gasteiger partial charge on any atom is -0.508 e. The van der Waals surface area contributed by atoms with Gasteiger partial charge >= 0.3 is 0 Å². The maximum absolute atomic E-state index is 9.25. The summed E-state index contributed by atoms with van der Waals surface area (Å²) in [5.74, 6) is 0.339. The van der Waals surface area contributed by atoms with Crippen LogP contribution in [0.5, 0.6) is 11.5 Å². The first-order chi connectivity index (χ1) is 6.75. The first-order valence-electron chi connectivity index (χ1n) is 4.20. The van der Waals surface area contributed by atoms with Gasteiger partial charge in [-0.15, -0.1) is 0 Å². The Hall–Kier alpha value is -2.03. The van der Waals surface area contributed by atoms with Gasteiger partial charge in [0.05, 0.1) is 11.9 Å². The number of rotatable bonds is 1. The smallest absolute Gasteiger partial charge is 0.133 e. The highest BCUT2D eigenvalue weighted by Gasteiger charge is 1.99. The van der Waals surface area contributed by atoms with Gasteiger partial charge in [0.1, 0.15) is 11.5 Å². The van der Waals surface area contributed by atoms with Crippen molar-refractivity contribution in [1.82, 2.24) is 4.98 Å². The highest BCUT2D eigenvalue weighted by atomic mass is 16.3. The quantitative estimate of drug-likeness (QED) is 0.719. The normalized spacial score (nSPS) is 10.0. The molecule has 0 fully saturated rings. The van der Waals surface area contributed by atoms with Crippen molar-refractivity contribution in [2.45, 2.75) is 0 Å². The monoisotopic (exact) mass is 187 g/mol. The van der Waals surface area contributed by atoms with Gasteiger partial charge in [0.15, 0.2) is 0 Å².